The monoisotopic (exact) mass is 337 g/mol. The summed E-state index contributed by atoms with van der Waals surface area (Å²) in [4.78, 5) is 16.2. The molecule has 3 N–H and O–H groups in total. The van der Waals surface area contributed by atoms with E-state index in [0.29, 0.717) is 16.7 Å². The summed E-state index contributed by atoms with van der Waals surface area (Å²) in [5.74, 6) is 0. The molecule has 6 heteroatoms. The van der Waals surface area contributed by atoms with Crippen LogP contribution in [0.25, 0.3) is 10.8 Å². The van der Waals surface area contributed by atoms with E-state index in [0.717, 1.165) is 10.8 Å². The van der Waals surface area contributed by atoms with Crippen LogP contribution in [0.2, 0.25) is 0 Å². The number of carbonyl (C=O) groups excluding carboxylic acids is 1. The van der Waals surface area contributed by atoms with Crippen LogP contribution in [0.4, 0.5) is 10.5 Å². The summed E-state index contributed by atoms with van der Waals surface area (Å²) in [5, 5.41) is 16.4. The molecule has 2 rings (SSSR count). The molecule has 106 valence electrons. The van der Waals surface area contributed by atoms with E-state index in [4.69, 9.17) is 5.11 Å². The zero-order valence-corrected chi connectivity index (χ0v) is 12.6. The molecule has 0 saturated heterocycles. The molecule has 0 spiro atoms. The summed E-state index contributed by atoms with van der Waals surface area (Å²) in [6, 6.07) is 7.06. The van der Waals surface area contributed by atoms with Gasteiger partial charge in [0.05, 0.1) is 18.3 Å². The molecule has 0 bridgehead atoms. The molecule has 0 aliphatic rings. The van der Waals surface area contributed by atoms with Crippen molar-refractivity contribution in [2.75, 3.05) is 11.9 Å². The minimum absolute atomic E-state index is 0.0844. The Kier molecular flexibility index (Phi) is 4.92. The standard InChI is InChI=1S/C14H16BrN3O2/c1-2-10(8-19)17-14(20)18-12-11-6-4-3-5-9(11)7-16-13(12)15/h3-7,10,19H,2,8H2,1H3,(H2,17,18,20)/t10-/m0/s1. The summed E-state index contributed by atoms with van der Waals surface area (Å²) in [6.45, 7) is 1.81. The lowest BCUT2D eigenvalue weighted by atomic mass is 10.1. The lowest BCUT2D eigenvalue weighted by Crippen LogP contribution is -2.39. The first-order valence-corrected chi connectivity index (χ1v) is 7.16. The molecule has 2 aromatic rings. The average molecular weight is 338 g/mol. The van der Waals surface area contributed by atoms with E-state index in [1.54, 1.807) is 6.20 Å². The summed E-state index contributed by atoms with van der Waals surface area (Å²) in [7, 11) is 0. The predicted octanol–water partition coefficient (Wildman–Crippen LogP) is 2.89. The van der Waals surface area contributed by atoms with Crippen molar-refractivity contribution < 1.29 is 9.90 Å². The molecule has 0 fully saturated rings. The Morgan fingerprint density at radius 3 is 2.90 bits per heavy atom. The number of hydrogen-bond acceptors (Lipinski definition) is 3. The van der Waals surface area contributed by atoms with Crippen LogP contribution in [0.5, 0.6) is 0 Å². The van der Waals surface area contributed by atoms with Gasteiger partial charge in [0.1, 0.15) is 4.60 Å². The van der Waals surface area contributed by atoms with E-state index in [-0.39, 0.29) is 18.7 Å². The Balaban J connectivity index is 2.25. The maximum absolute atomic E-state index is 12.0. The second-order valence-electron chi connectivity index (χ2n) is 4.40. The number of carbonyl (C=O) groups is 1. The van der Waals surface area contributed by atoms with Gasteiger partial charge in [-0.1, -0.05) is 31.2 Å². The molecule has 1 aromatic heterocycles. The third-order valence-electron chi connectivity index (χ3n) is 3.04. The number of amides is 2. The Hall–Kier alpha value is -1.66. The number of nitrogens with one attached hydrogen (secondary N) is 2. The summed E-state index contributed by atoms with van der Waals surface area (Å²) < 4.78 is 0.573. The Labute approximate surface area is 125 Å². The number of benzene rings is 1. The molecule has 0 aliphatic carbocycles. The van der Waals surface area contributed by atoms with Gasteiger partial charge in [-0.15, -0.1) is 0 Å². The van der Waals surface area contributed by atoms with E-state index < -0.39 is 0 Å². The van der Waals surface area contributed by atoms with Gasteiger partial charge >= 0.3 is 6.03 Å². The molecule has 1 heterocycles. The maximum Gasteiger partial charge on any atom is 0.319 e. The van der Waals surface area contributed by atoms with Gasteiger partial charge in [0, 0.05) is 17.0 Å². The second kappa shape index (κ2) is 6.67. The van der Waals surface area contributed by atoms with Gasteiger partial charge in [-0.05, 0) is 22.4 Å². The van der Waals surface area contributed by atoms with E-state index in [1.165, 1.54) is 0 Å². The molecular weight excluding hydrogens is 322 g/mol. The number of urea groups is 1. The molecular formula is C14H16BrN3O2. The Morgan fingerprint density at radius 1 is 1.45 bits per heavy atom. The molecule has 2 amide bonds. The summed E-state index contributed by atoms with van der Waals surface area (Å²) in [5.41, 5.74) is 0.619. The zero-order chi connectivity index (χ0) is 14.5. The van der Waals surface area contributed by atoms with Gasteiger partial charge < -0.3 is 15.7 Å². The highest BCUT2D eigenvalue weighted by atomic mass is 79.9. The van der Waals surface area contributed by atoms with Crippen LogP contribution in [-0.2, 0) is 0 Å². The molecule has 0 aliphatic heterocycles. The molecule has 1 atom stereocenters. The molecule has 5 nitrogen and oxygen atoms in total. The number of aliphatic hydroxyl groups excluding tert-OH is 1. The maximum atomic E-state index is 12.0. The fraction of sp³-hybridized carbons (Fsp3) is 0.286. The molecule has 20 heavy (non-hydrogen) atoms. The van der Waals surface area contributed by atoms with Crippen molar-refractivity contribution in [3.63, 3.8) is 0 Å². The van der Waals surface area contributed by atoms with Gasteiger partial charge in [0.25, 0.3) is 0 Å². The zero-order valence-electron chi connectivity index (χ0n) is 11.1. The van der Waals surface area contributed by atoms with Crippen LogP contribution in [0.1, 0.15) is 13.3 Å². The topological polar surface area (TPSA) is 74.2 Å². The molecule has 0 saturated carbocycles. The SMILES string of the molecule is CC[C@@H](CO)NC(=O)Nc1c(Br)ncc2ccccc12. The predicted molar refractivity (Wildman–Crippen MR) is 82.8 cm³/mol. The molecule has 0 radical (unpaired) electrons. The van der Waals surface area contributed by atoms with Crippen LogP contribution in [0.3, 0.4) is 0 Å². The normalized spacial score (nSPS) is 12.2. The van der Waals surface area contributed by atoms with Crippen molar-refractivity contribution in [2.24, 2.45) is 0 Å². The van der Waals surface area contributed by atoms with Crippen LogP contribution >= 0.6 is 15.9 Å². The van der Waals surface area contributed by atoms with Crippen LogP contribution in [-0.4, -0.2) is 28.8 Å². The van der Waals surface area contributed by atoms with Gasteiger partial charge in [0.15, 0.2) is 0 Å². The average Bonchev–Trinajstić information content (AvgIpc) is 2.47. The number of nitrogens with zero attached hydrogens (tertiary/aromatic N) is 1. The number of aliphatic hydroxyl groups is 1. The van der Waals surface area contributed by atoms with Gasteiger partial charge in [0.2, 0.25) is 0 Å². The van der Waals surface area contributed by atoms with E-state index in [1.807, 2.05) is 31.2 Å². The minimum Gasteiger partial charge on any atom is -0.394 e. The fourth-order valence-corrected chi connectivity index (χ4v) is 2.28. The van der Waals surface area contributed by atoms with E-state index in [9.17, 15) is 4.79 Å². The van der Waals surface area contributed by atoms with Crippen molar-refractivity contribution in [2.45, 2.75) is 19.4 Å². The number of pyridine rings is 1. The first-order valence-electron chi connectivity index (χ1n) is 6.37. The lowest BCUT2D eigenvalue weighted by Gasteiger charge is -2.16. The van der Waals surface area contributed by atoms with Crippen LogP contribution in [0, 0.1) is 0 Å². The number of fused-ring (bicyclic) bond motifs is 1. The Morgan fingerprint density at radius 2 is 2.20 bits per heavy atom. The smallest absolute Gasteiger partial charge is 0.319 e. The van der Waals surface area contributed by atoms with E-state index >= 15 is 0 Å². The number of anilines is 1. The van der Waals surface area contributed by atoms with E-state index in [2.05, 4.69) is 31.5 Å². The quantitative estimate of drug-likeness (QED) is 0.751. The fourth-order valence-electron chi connectivity index (χ4n) is 1.87. The number of halogens is 1. The third-order valence-corrected chi connectivity index (χ3v) is 3.64. The van der Waals surface area contributed by atoms with Crippen molar-refractivity contribution in [1.29, 1.82) is 0 Å². The second-order valence-corrected chi connectivity index (χ2v) is 5.15. The Bertz CT molecular complexity index is 614. The lowest BCUT2D eigenvalue weighted by molar-refractivity contribution is 0.222. The van der Waals surface area contributed by atoms with Gasteiger partial charge in [-0.2, -0.15) is 0 Å². The van der Waals surface area contributed by atoms with Crippen molar-refractivity contribution >= 4 is 38.4 Å². The highest BCUT2D eigenvalue weighted by molar-refractivity contribution is 9.10. The van der Waals surface area contributed by atoms with Crippen molar-refractivity contribution in [3.05, 3.63) is 35.1 Å². The first kappa shape index (κ1) is 14.7. The van der Waals surface area contributed by atoms with Crippen molar-refractivity contribution in [3.8, 4) is 0 Å². The summed E-state index contributed by atoms with van der Waals surface area (Å²) >= 11 is 3.34. The third kappa shape index (κ3) is 3.26. The van der Waals surface area contributed by atoms with Crippen molar-refractivity contribution in [1.82, 2.24) is 10.3 Å². The highest BCUT2D eigenvalue weighted by Gasteiger charge is 2.13. The molecule has 1 aromatic carbocycles. The largest absolute Gasteiger partial charge is 0.394 e. The number of rotatable bonds is 4. The van der Waals surface area contributed by atoms with Gasteiger partial charge in [-0.3, -0.25) is 0 Å². The minimum atomic E-state index is -0.357. The first-order chi connectivity index (χ1) is 9.65. The van der Waals surface area contributed by atoms with Crippen LogP contribution in [0.15, 0.2) is 35.1 Å². The molecule has 0 unspecified atom stereocenters. The van der Waals surface area contributed by atoms with Gasteiger partial charge in [-0.25, -0.2) is 9.78 Å². The number of aromatic nitrogens is 1. The highest BCUT2D eigenvalue weighted by Crippen LogP contribution is 2.29. The van der Waals surface area contributed by atoms with Crippen LogP contribution < -0.4 is 10.6 Å². The summed E-state index contributed by atoms with van der Waals surface area (Å²) in [6.07, 6.45) is 2.41. The number of hydrogen-bond donors (Lipinski definition) is 3.